The number of furan rings is 1. The Balaban J connectivity index is 1.19. The molecule has 4 nitrogen and oxygen atoms in total. The van der Waals surface area contributed by atoms with Crippen molar-refractivity contribution in [1.29, 1.82) is 0 Å². The second-order valence-electron chi connectivity index (χ2n) is 15.1. The summed E-state index contributed by atoms with van der Waals surface area (Å²) in [5, 5.41) is 11.2. The van der Waals surface area contributed by atoms with E-state index in [0.717, 1.165) is 82.4 Å². The molecule has 0 unspecified atom stereocenters. The summed E-state index contributed by atoms with van der Waals surface area (Å²) in [6.07, 6.45) is 0. The minimum absolute atomic E-state index is 0.549. The first-order valence-electron chi connectivity index (χ1n) is 19.9. The highest BCUT2D eigenvalue weighted by Crippen LogP contribution is 2.44. The number of rotatable bonds is 5. The average Bonchev–Trinajstić information content (AvgIpc) is 3.70. The van der Waals surface area contributed by atoms with Crippen LogP contribution < -0.4 is 0 Å². The molecule has 0 atom stereocenters. The van der Waals surface area contributed by atoms with Gasteiger partial charge in [-0.15, -0.1) is 0 Å². The van der Waals surface area contributed by atoms with Gasteiger partial charge >= 0.3 is 0 Å². The van der Waals surface area contributed by atoms with Crippen LogP contribution in [0.4, 0.5) is 0 Å². The lowest BCUT2D eigenvalue weighted by molar-refractivity contribution is 0.669. The molecule has 10 aromatic carbocycles. The van der Waals surface area contributed by atoms with Crippen LogP contribution in [0.3, 0.4) is 0 Å². The van der Waals surface area contributed by atoms with E-state index in [2.05, 4.69) is 182 Å². The minimum atomic E-state index is 0.549. The van der Waals surface area contributed by atoms with Gasteiger partial charge in [0.15, 0.2) is 17.5 Å². The average molecular weight is 752 g/mol. The molecule has 0 aliphatic rings. The molecule has 12 aromatic rings. The SMILES string of the molecule is c1ccc(-c2ccc(-c3nc(-c4c(-c5cc6ccccc6c6ccccc56)ccc5ccccc45)nc(-c4cccc5c4oc4ccccc45)n3)c3ccccc23)cc1. The van der Waals surface area contributed by atoms with Crippen LogP contribution >= 0.6 is 0 Å². The van der Waals surface area contributed by atoms with Crippen LogP contribution in [0.2, 0.25) is 0 Å². The highest BCUT2D eigenvalue weighted by atomic mass is 16.3. The molecular weight excluding hydrogens is 719 g/mol. The fourth-order valence-corrected chi connectivity index (χ4v) is 9.03. The smallest absolute Gasteiger partial charge is 0.167 e. The zero-order valence-electron chi connectivity index (χ0n) is 31.8. The monoisotopic (exact) mass is 751 g/mol. The van der Waals surface area contributed by atoms with Crippen LogP contribution in [0, 0.1) is 0 Å². The molecule has 12 rings (SSSR count). The Morgan fingerprint density at radius 3 is 1.63 bits per heavy atom. The molecule has 0 aliphatic carbocycles. The molecule has 4 heteroatoms. The molecular formula is C55H33N3O. The van der Waals surface area contributed by atoms with Crippen LogP contribution in [0.5, 0.6) is 0 Å². The van der Waals surface area contributed by atoms with Gasteiger partial charge in [0.05, 0.1) is 5.56 Å². The molecule has 0 radical (unpaired) electrons. The largest absolute Gasteiger partial charge is 0.455 e. The van der Waals surface area contributed by atoms with E-state index in [1.54, 1.807) is 0 Å². The fourth-order valence-electron chi connectivity index (χ4n) is 9.03. The van der Waals surface area contributed by atoms with Gasteiger partial charge in [0.25, 0.3) is 0 Å². The Kier molecular flexibility index (Phi) is 7.50. The van der Waals surface area contributed by atoms with E-state index in [0.29, 0.717) is 17.5 Å². The molecule has 0 spiro atoms. The first kappa shape index (κ1) is 33.2. The molecule has 0 saturated heterocycles. The number of benzene rings is 10. The van der Waals surface area contributed by atoms with E-state index in [1.165, 1.54) is 21.5 Å². The van der Waals surface area contributed by atoms with Crippen molar-refractivity contribution in [3.8, 4) is 56.4 Å². The maximum atomic E-state index is 6.62. The van der Waals surface area contributed by atoms with Gasteiger partial charge < -0.3 is 4.42 Å². The molecule has 2 aromatic heterocycles. The van der Waals surface area contributed by atoms with Crippen LogP contribution in [0.1, 0.15) is 0 Å². The van der Waals surface area contributed by atoms with Gasteiger partial charge in [0.2, 0.25) is 0 Å². The third-order valence-corrected chi connectivity index (χ3v) is 11.7. The lowest BCUT2D eigenvalue weighted by Gasteiger charge is -2.18. The topological polar surface area (TPSA) is 51.8 Å². The highest BCUT2D eigenvalue weighted by molar-refractivity contribution is 6.17. The highest BCUT2D eigenvalue weighted by Gasteiger charge is 2.23. The lowest BCUT2D eigenvalue weighted by atomic mass is 9.88. The number of aromatic nitrogens is 3. The summed E-state index contributed by atoms with van der Waals surface area (Å²) in [7, 11) is 0. The number of para-hydroxylation sites is 2. The second kappa shape index (κ2) is 13.3. The molecule has 0 fully saturated rings. The standard InChI is InChI=1S/C55H33N3O/c1-2-15-34(16-3-1)38-31-32-47(42-23-10-8-22-41(38)42)53-56-54(48-27-14-26-46-44-25-12-13-28-50(44)59-52(46)48)58-55(57-53)51-39-20-7-4-17-35(39)29-30-45(51)49-33-36-18-5-6-19-37(36)40-21-9-11-24-43(40)49/h1-33H. The van der Waals surface area contributed by atoms with Crippen molar-refractivity contribution in [3.63, 3.8) is 0 Å². The maximum Gasteiger partial charge on any atom is 0.167 e. The van der Waals surface area contributed by atoms with Crippen molar-refractivity contribution >= 4 is 65.0 Å². The van der Waals surface area contributed by atoms with Crippen molar-refractivity contribution in [2.75, 3.05) is 0 Å². The van der Waals surface area contributed by atoms with Crippen LogP contribution in [0.25, 0.3) is 121 Å². The van der Waals surface area contributed by atoms with Crippen molar-refractivity contribution in [2.24, 2.45) is 0 Å². The van der Waals surface area contributed by atoms with E-state index < -0.39 is 0 Å². The van der Waals surface area contributed by atoms with Crippen molar-refractivity contribution < 1.29 is 4.42 Å². The third kappa shape index (κ3) is 5.34. The minimum Gasteiger partial charge on any atom is -0.455 e. The van der Waals surface area contributed by atoms with Crippen molar-refractivity contribution in [3.05, 3.63) is 200 Å². The van der Waals surface area contributed by atoms with Gasteiger partial charge in [-0.25, -0.2) is 15.0 Å². The van der Waals surface area contributed by atoms with Gasteiger partial charge in [-0.3, -0.25) is 0 Å². The molecule has 0 N–H and O–H groups in total. The Morgan fingerprint density at radius 1 is 0.288 bits per heavy atom. The zero-order chi connectivity index (χ0) is 38.9. The van der Waals surface area contributed by atoms with Gasteiger partial charge in [-0.05, 0) is 89.6 Å². The third-order valence-electron chi connectivity index (χ3n) is 11.7. The van der Waals surface area contributed by atoms with E-state index >= 15 is 0 Å². The molecule has 59 heavy (non-hydrogen) atoms. The summed E-state index contributed by atoms with van der Waals surface area (Å²) in [6.45, 7) is 0. The molecule has 0 saturated carbocycles. The summed E-state index contributed by atoms with van der Waals surface area (Å²) >= 11 is 0. The molecule has 0 aliphatic heterocycles. The van der Waals surface area contributed by atoms with E-state index in [9.17, 15) is 0 Å². The molecule has 274 valence electrons. The number of nitrogens with zero attached hydrogens (tertiary/aromatic N) is 3. The van der Waals surface area contributed by atoms with Crippen LogP contribution in [0.15, 0.2) is 205 Å². The molecule has 0 bridgehead atoms. The Bertz CT molecular complexity index is 3620. The van der Waals surface area contributed by atoms with Crippen molar-refractivity contribution in [2.45, 2.75) is 0 Å². The van der Waals surface area contributed by atoms with Crippen molar-refractivity contribution in [1.82, 2.24) is 15.0 Å². The Morgan fingerprint density at radius 2 is 0.831 bits per heavy atom. The second-order valence-corrected chi connectivity index (χ2v) is 15.1. The number of hydrogen-bond donors (Lipinski definition) is 0. The zero-order valence-corrected chi connectivity index (χ0v) is 31.8. The quantitative estimate of drug-likeness (QED) is 0.164. The van der Waals surface area contributed by atoms with Crippen LogP contribution in [-0.2, 0) is 0 Å². The summed E-state index contributed by atoms with van der Waals surface area (Å²) in [5.41, 5.74) is 8.77. The summed E-state index contributed by atoms with van der Waals surface area (Å²) in [6, 6.07) is 70.5. The lowest BCUT2D eigenvalue weighted by Crippen LogP contribution is -2.02. The maximum absolute atomic E-state index is 6.62. The summed E-state index contributed by atoms with van der Waals surface area (Å²) < 4.78 is 6.62. The van der Waals surface area contributed by atoms with E-state index in [-0.39, 0.29) is 0 Å². The summed E-state index contributed by atoms with van der Waals surface area (Å²) in [4.78, 5) is 16.3. The van der Waals surface area contributed by atoms with Gasteiger partial charge in [0, 0.05) is 21.9 Å². The van der Waals surface area contributed by atoms with Gasteiger partial charge in [0.1, 0.15) is 11.2 Å². The van der Waals surface area contributed by atoms with E-state index in [1.807, 2.05) is 18.2 Å². The molecule has 0 amide bonds. The fraction of sp³-hybridized carbons (Fsp3) is 0. The van der Waals surface area contributed by atoms with Crippen LogP contribution in [-0.4, -0.2) is 15.0 Å². The van der Waals surface area contributed by atoms with Gasteiger partial charge in [-0.2, -0.15) is 0 Å². The van der Waals surface area contributed by atoms with Gasteiger partial charge in [-0.1, -0.05) is 176 Å². The number of fused-ring (bicyclic) bond motifs is 8. The normalized spacial score (nSPS) is 11.7. The Hall–Kier alpha value is -7.95. The first-order valence-corrected chi connectivity index (χ1v) is 19.9. The summed E-state index contributed by atoms with van der Waals surface area (Å²) in [5.74, 6) is 1.74. The molecule has 2 heterocycles. The predicted octanol–water partition coefficient (Wildman–Crippen LogP) is 14.7. The predicted molar refractivity (Wildman–Crippen MR) is 244 cm³/mol. The van der Waals surface area contributed by atoms with E-state index in [4.69, 9.17) is 19.4 Å². The Labute approximate surface area is 339 Å². The first-order chi connectivity index (χ1) is 29.3. The number of hydrogen-bond acceptors (Lipinski definition) is 4.